The van der Waals surface area contributed by atoms with Crippen LogP contribution in [0, 0.1) is 6.92 Å². The van der Waals surface area contributed by atoms with Gasteiger partial charge in [-0.05, 0) is 32.0 Å². The fraction of sp³-hybridized carbons (Fsp3) is 0.250. The summed E-state index contributed by atoms with van der Waals surface area (Å²) in [5.41, 5.74) is 2.14. The molecule has 0 aliphatic carbocycles. The first kappa shape index (κ1) is 12.7. The molecule has 0 saturated heterocycles. The lowest BCUT2D eigenvalue weighted by Crippen LogP contribution is -2.11. The van der Waals surface area contributed by atoms with E-state index >= 15 is 0 Å². The van der Waals surface area contributed by atoms with Crippen molar-refractivity contribution in [2.45, 2.75) is 20.4 Å². The summed E-state index contributed by atoms with van der Waals surface area (Å²) >= 11 is 1.34. The van der Waals surface area contributed by atoms with Gasteiger partial charge in [-0.25, -0.2) is 4.68 Å². The van der Waals surface area contributed by atoms with Crippen LogP contribution < -0.4 is 5.32 Å². The molecule has 0 atom stereocenters. The van der Waals surface area contributed by atoms with Gasteiger partial charge in [-0.15, -0.1) is 15.3 Å². The molecule has 0 fully saturated rings. The highest BCUT2D eigenvalue weighted by Gasteiger charge is 2.11. The van der Waals surface area contributed by atoms with Gasteiger partial charge in [0, 0.05) is 12.1 Å². The highest BCUT2D eigenvalue weighted by molar-refractivity contribution is 7.15. The Balaban J connectivity index is 1.88. The van der Waals surface area contributed by atoms with Crippen LogP contribution in [-0.2, 0) is 6.54 Å². The number of aromatic nitrogens is 5. The van der Waals surface area contributed by atoms with Crippen LogP contribution in [0.3, 0.4) is 0 Å². The Kier molecular flexibility index (Phi) is 3.15. The van der Waals surface area contributed by atoms with Gasteiger partial charge in [0.1, 0.15) is 10.5 Å². The van der Waals surface area contributed by atoms with E-state index < -0.39 is 0 Å². The van der Waals surface area contributed by atoms with Gasteiger partial charge >= 0.3 is 0 Å². The predicted octanol–water partition coefficient (Wildman–Crippen LogP) is 1.86. The number of anilines is 1. The minimum Gasteiger partial charge on any atom is -0.296 e. The molecular weight excluding hydrogens is 276 g/mol. The fourth-order valence-corrected chi connectivity index (χ4v) is 2.45. The zero-order chi connectivity index (χ0) is 14.1. The molecule has 102 valence electrons. The van der Waals surface area contributed by atoms with E-state index in [0.29, 0.717) is 16.2 Å². The van der Waals surface area contributed by atoms with Crippen molar-refractivity contribution >= 4 is 33.4 Å². The van der Waals surface area contributed by atoms with Gasteiger partial charge in [-0.1, -0.05) is 16.6 Å². The lowest BCUT2D eigenvalue weighted by Gasteiger charge is -2.01. The molecule has 3 aromatic rings. The maximum atomic E-state index is 12.1. The van der Waals surface area contributed by atoms with Gasteiger partial charge in [0.2, 0.25) is 5.13 Å². The highest BCUT2D eigenvalue weighted by Crippen LogP contribution is 2.17. The van der Waals surface area contributed by atoms with Gasteiger partial charge in [-0.3, -0.25) is 10.1 Å². The Morgan fingerprint density at radius 2 is 2.20 bits per heavy atom. The van der Waals surface area contributed by atoms with E-state index in [2.05, 4.69) is 25.8 Å². The molecule has 7 nitrogen and oxygen atoms in total. The number of nitrogens with zero attached hydrogens (tertiary/aromatic N) is 5. The van der Waals surface area contributed by atoms with Gasteiger partial charge in [0.05, 0.1) is 5.52 Å². The van der Waals surface area contributed by atoms with Crippen molar-refractivity contribution in [3.05, 3.63) is 28.8 Å². The number of aryl methyl sites for hydroxylation is 2. The number of carbonyl (C=O) groups is 1. The first-order valence-electron chi connectivity index (χ1n) is 6.12. The second kappa shape index (κ2) is 4.97. The molecule has 1 aromatic carbocycles. The fourth-order valence-electron chi connectivity index (χ4n) is 1.86. The largest absolute Gasteiger partial charge is 0.296 e. The number of rotatable bonds is 3. The second-order valence-electron chi connectivity index (χ2n) is 4.19. The Morgan fingerprint density at radius 3 is 2.90 bits per heavy atom. The van der Waals surface area contributed by atoms with Crippen LogP contribution in [0.1, 0.15) is 22.3 Å². The summed E-state index contributed by atoms with van der Waals surface area (Å²) in [6.07, 6.45) is 0. The van der Waals surface area contributed by atoms with Crippen LogP contribution in [0.2, 0.25) is 0 Å². The third kappa shape index (κ3) is 2.25. The summed E-state index contributed by atoms with van der Waals surface area (Å²) in [6, 6.07) is 5.32. The van der Waals surface area contributed by atoms with E-state index in [9.17, 15) is 4.79 Å². The van der Waals surface area contributed by atoms with Gasteiger partial charge in [0.15, 0.2) is 0 Å². The molecule has 0 bridgehead atoms. The summed E-state index contributed by atoms with van der Waals surface area (Å²) < 4.78 is 1.78. The Bertz CT molecular complexity index is 777. The average molecular weight is 288 g/mol. The zero-order valence-corrected chi connectivity index (χ0v) is 11.8. The average Bonchev–Trinajstić information content (AvgIpc) is 3.03. The third-order valence-electron chi connectivity index (χ3n) is 2.82. The maximum absolute atomic E-state index is 12.1. The monoisotopic (exact) mass is 288 g/mol. The van der Waals surface area contributed by atoms with E-state index in [4.69, 9.17) is 0 Å². The quantitative estimate of drug-likeness (QED) is 0.795. The van der Waals surface area contributed by atoms with E-state index in [-0.39, 0.29) is 5.91 Å². The molecular formula is C12H12N6OS. The van der Waals surface area contributed by atoms with Crippen LogP contribution in [0.25, 0.3) is 11.0 Å². The number of amides is 1. The third-order valence-corrected chi connectivity index (χ3v) is 3.58. The maximum Gasteiger partial charge on any atom is 0.257 e. The number of carbonyl (C=O) groups excluding carboxylic acids is 1. The molecule has 20 heavy (non-hydrogen) atoms. The number of hydrogen-bond acceptors (Lipinski definition) is 6. The van der Waals surface area contributed by atoms with Crippen LogP contribution >= 0.6 is 11.3 Å². The van der Waals surface area contributed by atoms with E-state index in [1.54, 1.807) is 16.8 Å². The summed E-state index contributed by atoms with van der Waals surface area (Å²) in [6.45, 7) is 4.57. The molecule has 8 heteroatoms. The number of hydrogen-bond donors (Lipinski definition) is 1. The van der Waals surface area contributed by atoms with Gasteiger partial charge in [-0.2, -0.15) is 0 Å². The summed E-state index contributed by atoms with van der Waals surface area (Å²) in [4.78, 5) is 12.1. The lowest BCUT2D eigenvalue weighted by atomic mass is 10.2. The zero-order valence-electron chi connectivity index (χ0n) is 11.0. The summed E-state index contributed by atoms with van der Waals surface area (Å²) in [7, 11) is 0. The first-order chi connectivity index (χ1) is 9.67. The summed E-state index contributed by atoms with van der Waals surface area (Å²) in [5, 5.41) is 19.8. The molecule has 0 aliphatic rings. The second-order valence-corrected chi connectivity index (χ2v) is 5.37. The van der Waals surface area contributed by atoms with Crippen molar-refractivity contribution in [2.24, 2.45) is 0 Å². The molecule has 1 amide bonds. The molecule has 2 heterocycles. The molecule has 0 radical (unpaired) electrons. The van der Waals surface area contributed by atoms with E-state index in [0.717, 1.165) is 17.1 Å². The Hall–Kier alpha value is -2.35. The van der Waals surface area contributed by atoms with Crippen LogP contribution in [0.4, 0.5) is 5.13 Å². The minimum absolute atomic E-state index is 0.228. The van der Waals surface area contributed by atoms with Crippen LogP contribution in [0.15, 0.2) is 18.2 Å². The van der Waals surface area contributed by atoms with Crippen molar-refractivity contribution < 1.29 is 4.79 Å². The molecule has 3 rings (SSSR count). The topological polar surface area (TPSA) is 85.6 Å². The number of benzene rings is 1. The molecule has 0 spiro atoms. The van der Waals surface area contributed by atoms with Crippen molar-refractivity contribution in [1.29, 1.82) is 0 Å². The Labute approximate surface area is 118 Å². The first-order valence-corrected chi connectivity index (χ1v) is 6.93. The molecule has 1 N–H and O–H groups in total. The van der Waals surface area contributed by atoms with Gasteiger partial charge in [0.25, 0.3) is 5.91 Å². The van der Waals surface area contributed by atoms with Crippen molar-refractivity contribution in [2.75, 3.05) is 5.32 Å². The standard InChI is InChI=1S/C12H12N6OS/c1-3-18-10-5-4-8(6-9(10)15-17-18)11(19)13-12-16-14-7(2)20-12/h4-6H,3H2,1-2H3,(H,13,16,19). The van der Waals surface area contributed by atoms with E-state index in [1.165, 1.54) is 11.3 Å². The normalized spacial score (nSPS) is 10.9. The smallest absolute Gasteiger partial charge is 0.257 e. The highest BCUT2D eigenvalue weighted by atomic mass is 32.1. The molecule has 0 aliphatic heterocycles. The van der Waals surface area contributed by atoms with Crippen molar-refractivity contribution in [1.82, 2.24) is 25.2 Å². The Morgan fingerprint density at radius 1 is 1.35 bits per heavy atom. The molecule has 2 aromatic heterocycles. The predicted molar refractivity (Wildman–Crippen MR) is 75.8 cm³/mol. The van der Waals surface area contributed by atoms with E-state index in [1.807, 2.05) is 19.9 Å². The SMILES string of the molecule is CCn1nnc2cc(C(=O)Nc3nnc(C)s3)ccc21. The van der Waals surface area contributed by atoms with Gasteiger partial charge < -0.3 is 0 Å². The molecule has 0 unspecified atom stereocenters. The minimum atomic E-state index is -0.228. The molecule has 0 saturated carbocycles. The van der Waals surface area contributed by atoms with Crippen molar-refractivity contribution in [3.63, 3.8) is 0 Å². The number of fused-ring (bicyclic) bond motifs is 1. The number of nitrogens with one attached hydrogen (secondary N) is 1. The lowest BCUT2D eigenvalue weighted by molar-refractivity contribution is 0.102. The van der Waals surface area contributed by atoms with Crippen molar-refractivity contribution in [3.8, 4) is 0 Å². The van der Waals surface area contributed by atoms with Crippen LogP contribution in [-0.4, -0.2) is 31.1 Å². The van der Waals surface area contributed by atoms with Crippen LogP contribution in [0.5, 0.6) is 0 Å². The summed E-state index contributed by atoms with van der Waals surface area (Å²) in [5.74, 6) is -0.228.